The van der Waals surface area contributed by atoms with Gasteiger partial charge >= 0.3 is 0 Å². The average Bonchev–Trinajstić information content (AvgIpc) is 2.59. The number of alkyl halides is 1. The molecule has 4 heteroatoms. The second-order valence-corrected chi connectivity index (χ2v) is 4.67. The summed E-state index contributed by atoms with van der Waals surface area (Å²) in [5, 5.41) is 1.05. The Morgan fingerprint density at radius 3 is 2.14 bits per heavy atom. The van der Waals surface area contributed by atoms with Crippen LogP contribution < -0.4 is 0 Å². The van der Waals surface area contributed by atoms with E-state index in [1.165, 1.54) is 0 Å². The van der Waals surface area contributed by atoms with Crippen LogP contribution in [0.1, 0.15) is 6.92 Å². The van der Waals surface area contributed by atoms with E-state index < -0.39 is 0 Å². The largest absolute Gasteiger partial charge is 0.377 e. The van der Waals surface area contributed by atoms with E-state index in [0.29, 0.717) is 5.92 Å². The van der Waals surface area contributed by atoms with E-state index in [9.17, 15) is 0 Å². The maximum Gasteiger partial charge on any atom is 0.0971 e. The molecule has 3 atom stereocenters. The highest BCUT2D eigenvalue weighted by Crippen LogP contribution is 2.17. The highest BCUT2D eigenvalue weighted by atomic mass is 79.9. The number of rotatable bonds is 5. The zero-order valence-corrected chi connectivity index (χ0v) is 10.8. The molecule has 0 N–H and O–H groups in total. The summed E-state index contributed by atoms with van der Waals surface area (Å²) in [5.41, 5.74) is 0. The summed E-state index contributed by atoms with van der Waals surface area (Å²) < 4.78 is 10.8. The van der Waals surface area contributed by atoms with Crippen molar-refractivity contribution in [3.8, 4) is 0 Å². The van der Waals surface area contributed by atoms with Gasteiger partial charge < -0.3 is 9.47 Å². The molecular formula is C10H20BrNO2. The molecule has 0 aromatic heterocycles. The normalized spacial score (nSPS) is 30.9. The molecule has 0 aromatic rings. The molecule has 3 nitrogen and oxygen atoms in total. The molecule has 14 heavy (non-hydrogen) atoms. The molecule has 0 radical (unpaired) electrons. The molecule has 1 fully saturated rings. The summed E-state index contributed by atoms with van der Waals surface area (Å²) in [6, 6.07) is 0. The Bertz CT molecular complexity index is 156. The van der Waals surface area contributed by atoms with Crippen LogP contribution in [0.2, 0.25) is 0 Å². The number of nitrogens with zero attached hydrogens (tertiary/aromatic N) is 1. The van der Waals surface area contributed by atoms with Crippen molar-refractivity contribution < 1.29 is 9.47 Å². The second kappa shape index (κ2) is 6.05. The van der Waals surface area contributed by atoms with Gasteiger partial charge in [0.1, 0.15) is 0 Å². The van der Waals surface area contributed by atoms with Gasteiger partial charge in [-0.1, -0.05) is 22.9 Å². The van der Waals surface area contributed by atoms with Crippen LogP contribution in [0, 0.1) is 5.92 Å². The molecular weight excluding hydrogens is 246 g/mol. The first-order chi connectivity index (χ1) is 6.71. The van der Waals surface area contributed by atoms with Crippen molar-refractivity contribution in [3.05, 3.63) is 0 Å². The third kappa shape index (κ3) is 3.19. The van der Waals surface area contributed by atoms with Gasteiger partial charge in [0.15, 0.2) is 0 Å². The van der Waals surface area contributed by atoms with E-state index in [4.69, 9.17) is 9.47 Å². The molecule has 0 aromatic carbocycles. The van der Waals surface area contributed by atoms with Crippen molar-refractivity contribution >= 4 is 15.9 Å². The molecule has 1 rings (SSSR count). The van der Waals surface area contributed by atoms with Crippen LogP contribution in [0.5, 0.6) is 0 Å². The fraction of sp³-hybridized carbons (Fsp3) is 1.00. The van der Waals surface area contributed by atoms with Crippen molar-refractivity contribution in [2.45, 2.75) is 19.1 Å². The minimum Gasteiger partial charge on any atom is -0.377 e. The molecule has 0 amide bonds. The van der Waals surface area contributed by atoms with E-state index in [0.717, 1.165) is 25.0 Å². The maximum absolute atomic E-state index is 5.38. The summed E-state index contributed by atoms with van der Waals surface area (Å²) in [4.78, 5) is 2.41. The Morgan fingerprint density at radius 2 is 1.79 bits per heavy atom. The Balaban J connectivity index is 2.37. The quantitative estimate of drug-likeness (QED) is 0.701. The fourth-order valence-corrected chi connectivity index (χ4v) is 2.11. The zero-order chi connectivity index (χ0) is 10.6. The molecule has 1 aliphatic rings. The number of ether oxygens (including phenoxy) is 2. The molecule has 0 aliphatic carbocycles. The van der Waals surface area contributed by atoms with Gasteiger partial charge in [-0.25, -0.2) is 0 Å². The second-order valence-electron chi connectivity index (χ2n) is 4.03. The zero-order valence-electron chi connectivity index (χ0n) is 9.20. The predicted molar refractivity (Wildman–Crippen MR) is 61.0 cm³/mol. The van der Waals surface area contributed by atoms with Crippen molar-refractivity contribution in [2.24, 2.45) is 5.92 Å². The first-order valence-corrected chi connectivity index (χ1v) is 6.17. The molecule has 0 spiro atoms. The van der Waals surface area contributed by atoms with Crippen molar-refractivity contribution in [1.29, 1.82) is 0 Å². The third-order valence-corrected chi connectivity index (χ3v) is 3.84. The van der Waals surface area contributed by atoms with Gasteiger partial charge in [-0.05, 0) is 5.92 Å². The average molecular weight is 266 g/mol. The van der Waals surface area contributed by atoms with Crippen LogP contribution >= 0.6 is 15.9 Å². The Labute approximate surface area is 94.9 Å². The van der Waals surface area contributed by atoms with Gasteiger partial charge in [0.25, 0.3) is 0 Å². The van der Waals surface area contributed by atoms with Gasteiger partial charge in [0.05, 0.1) is 12.2 Å². The summed E-state index contributed by atoms with van der Waals surface area (Å²) >= 11 is 3.50. The van der Waals surface area contributed by atoms with Crippen LogP contribution in [-0.4, -0.2) is 56.3 Å². The maximum atomic E-state index is 5.38. The Kier molecular flexibility index (Phi) is 5.38. The van der Waals surface area contributed by atoms with Crippen LogP contribution in [0.15, 0.2) is 0 Å². The molecule has 3 unspecified atom stereocenters. The number of halogens is 1. The highest BCUT2D eigenvalue weighted by molar-refractivity contribution is 9.09. The van der Waals surface area contributed by atoms with Gasteiger partial charge in [-0.2, -0.15) is 0 Å². The summed E-state index contributed by atoms with van der Waals surface area (Å²) in [7, 11) is 3.52. The topological polar surface area (TPSA) is 21.7 Å². The minimum absolute atomic E-state index is 0.238. The van der Waals surface area contributed by atoms with E-state index in [1.54, 1.807) is 14.2 Å². The third-order valence-electron chi connectivity index (χ3n) is 2.73. The lowest BCUT2D eigenvalue weighted by molar-refractivity contribution is -0.00461. The van der Waals surface area contributed by atoms with Crippen LogP contribution in [0.4, 0.5) is 0 Å². The standard InChI is InChI=1S/C10H20BrNO2/c1-8(4-11)5-12-6-9(13-2)10(7-12)14-3/h8-10H,4-7H2,1-3H3. The summed E-state index contributed by atoms with van der Waals surface area (Å²) in [5.74, 6) is 0.683. The minimum atomic E-state index is 0.238. The SMILES string of the molecule is COC1CN(CC(C)CBr)CC1OC. The van der Waals surface area contributed by atoms with Gasteiger partial charge in [-0.3, -0.25) is 4.90 Å². The number of hydrogen-bond donors (Lipinski definition) is 0. The number of likely N-dealkylation sites (tertiary alicyclic amines) is 1. The highest BCUT2D eigenvalue weighted by Gasteiger charge is 2.32. The van der Waals surface area contributed by atoms with Crippen molar-refractivity contribution in [2.75, 3.05) is 39.2 Å². The lowest BCUT2D eigenvalue weighted by Gasteiger charge is -2.18. The van der Waals surface area contributed by atoms with Gasteiger partial charge in [0.2, 0.25) is 0 Å². The Morgan fingerprint density at radius 1 is 1.29 bits per heavy atom. The van der Waals surface area contributed by atoms with Gasteiger partial charge in [-0.15, -0.1) is 0 Å². The van der Waals surface area contributed by atoms with E-state index in [-0.39, 0.29) is 12.2 Å². The smallest absolute Gasteiger partial charge is 0.0971 e. The van der Waals surface area contributed by atoms with Crippen LogP contribution in [0.25, 0.3) is 0 Å². The van der Waals surface area contributed by atoms with Crippen LogP contribution in [-0.2, 0) is 9.47 Å². The number of hydrogen-bond acceptors (Lipinski definition) is 3. The molecule has 0 saturated carbocycles. The first kappa shape index (κ1) is 12.4. The monoisotopic (exact) mass is 265 g/mol. The molecule has 1 aliphatic heterocycles. The van der Waals surface area contributed by atoms with Crippen LogP contribution in [0.3, 0.4) is 0 Å². The van der Waals surface area contributed by atoms with Crippen molar-refractivity contribution in [3.63, 3.8) is 0 Å². The molecule has 1 saturated heterocycles. The number of methoxy groups -OCH3 is 2. The predicted octanol–water partition coefficient (Wildman–Crippen LogP) is 1.36. The molecule has 1 heterocycles. The van der Waals surface area contributed by atoms with E-state index in [1.807, 2.05) is 0 Å². The van der Waals surface area contributed by atoms with Gasteiger partial charge in [0, 0.05) is 39.2 Å². The fourth-order valence-electron chi connectivity index (χ4n) is 1.91. The lowest BCUT2D eigenvalue weighted by atomic mass is 10.2. The van der Waals surface area contributed by atoms with E-state index >= 15 is 0 Å². The van der Waals surface area contributed by atoms with Crippen molar-refractivity contribution in [1.82, 2.24) is 4.90 Å². The summed E-state index contributed by atoms with van der Waals surface area (Å²) in [6.07, 6.45) is 0.477. The summed E-state index contributed by atoms with van der Waals surface area (Å²) in [6.45, 7) is 5.35. The van der Waals surface area contributed by atoms with E-state index in [2.05, 4.69) is 27.8 Å². The molecule has 84 valence electrons. The lowest BCUT2D eigenvalue weighted by Crippen LogP contribution is -2.28. The first-order valence-electron chi connectivity index (χ1n) is 5.05. The molecule has 0 bridgehead atoms. The Hall–Kier alpha value is 0.360.